The number of aliphatic hydroxyl groups is 1. The van der Waals surface area contributed by atoms with Crippen LogP contribution in [0.2, 0.25) is 0 Å². The van der Waals surface area contributed by atoms with E-state index in [0.29, 0.717) is 5.56 Å². The average molecular weight is 537 g/mol. The van der Waals surface area contributed by atoms with Crippen molar-refractivity contribution >= 4 is 29.6 Å². The first-order valence-corrected chi connectivity index (χ1v) is 12.1. The van der Waals surface area contributed by atoms with Crippen LogP contribution >= 0.6 is 0 Å². The summed E-state index contributed by atoms with van der Waals surface area (Å²) >= 11 is 0. The van der Waals surface area contributed by atoms with Gasteiger partial charge in [-0.05, 0) is 18.1 Å². The quantitative estimate of drug-likeness (QED) is 0.276. The summed E-state index contributed by atoms with van der Waals surface area (Å²) in [6.45, 7) is -0.0375. The number of hydrogen-bond donors (Lipinski definition) is 5. The van der Waals surface area contributed by atoms with E-state index in [2.05, 4.69) is 20.6 Å². The third-order valence-electron chi connectivity index (χ3n) is 7.42. The van der Waals surface area contributed by atoms with Crippen molar-refractivity contribution in [2.75, 3.05) is 13.1 Å². The summed E-state index contributed by atoms with van der Waals surface area (Å²) in [7, 11) is 0. The van der Waals surface area contributed by atoms with Gasteiger partial charge >= 0.3 is 6.18 Å². The van der Waals surface area contributed by atoms with Gasteiger partial charge in [0.15, 0.2) is 17.6 Å². The van der Waals surface area contributed by atoms with E-state index in [0.717, 1.165) is 17.0 Å². The van der Waals surface area contributed by atoms with Crippen molar-refractivity contribution in [2.24, 2.45) is 21.5 Å². The van der Waals surface area contributed by atoms with E-state index in [1.54, 1.807) is 4.90 Å². The molecule has 204 valence electrons. The van der Waals surface area contributed by atoms with E-state index in [9.17, 15) is 32.7 Å². The number of amides is 3. The number of nitrogens with one attached hydrogen (secondary N) is 2. The second-order valence-electron chi connectivity index (χ2n) is 9.79. The van der Waals surface area contributed by atoms with Crippen molar-refractivity contribution in [3.63, 3.8) is 0 Å². The molecule has 2 fully saturated rings. The normalized spacial score (nSPS) is 30.5. The van der Waals surface area contributed by atoms with Crippen LogP contribution in [-0.2, 0) is 27.0 Å². The van der Waals surface area contributed by atoms with Crippen LogP contribution in [0.25, 0.3) is 0 Å². The number of benzene rings is 1. The molecule has 4 aliphatic rings. The van der Waals surface area contributed by atoms with E-state index in [1.807, 2.05) is 0 Å². The van der Waals surface area contributed by atoms with Crippen molar-refractivity contribution in [1.82, 2.24) is 20.4 Å². The molecule has 4 unspecified atom stereocenters. The maximum Gasteiger partial charge on any atom is 0.416 e. The van der Waals surface area contributed by atoms with Gasteiger partial charge in [0.25, 0.3) is 0 Å². The molecule has 5 atom stereocenters. The maximum atomic E-state index is 13.0. The first kappa shape index (κ1) is 25.8. The second kappa shape index (κ2) is 9.15. The van der Waals surface area contributed by atoms with Gasteiger partial charge in [0.2, 0.25) is 17.7 Å². The Hall–Kier alpha value is -3.88. The van der Waals surface area contributed by atoms with Crippen molar-refractivity contribution < 1.29 is 32.7 Å². The number of aryl methyl sites for hydroxylation is 1. The number of halogens is 3. The van der Waals surface area contributed by atoms with Crippen LogP contribution in [0, 0.1) is 0 Å². The van der Waals surface area contributed by atoms with E-state index in [-0.39, 0.29) is 62.5 Å². The van der Waals surface area contributed by atoms with Gasteiger partial charge in [-0.15, -0.1) is 0 Å². The Bertz CT molecular complexity index is 1220. The maximum absolute atomic E-state index is 13.0. The minimum atomic E-state index is -4.49. The molecule has 0 aromatic heterocycles. The molecule has 1 aromatic carbocycles. The second-order valence-corrected chi connectivity index (χ2v) is 9.79. The summed E-state index contributed by atoms with van der Waals surface area (Å²) in [4.78, 5) is 48.6. The summed E-state index contributed by atoms with van der Waals surface area (Å²) in [6.07, 6.45) is -5.61. The third-order valence-corrected chi connectivity index (χ3v) is 7.42. The fraction of sp³-hybridized carbons (Fsp3) is 0.522. The smallest absolute Gasteiger partial charge is 0.386 e. The molecular weight excluding hydrogens is 509 g/mol. The molecule has 3 amide bonds. The zero-order valence-corrected chi connectivity index (χ0v) is 20.1. The van der Waals surface area contributed by atoms with E-state index in [4.69, 9.17) is 11.5 Å². The zero-order valence-electron chi connectivity index (χ0n) is 20.1. The molecule has 0 aliphatic carbocycles. The molecule has 4 heterocycles. The number of carbonyl (C=O) groups is 3. The minimum absolute atomic E-state index is 0.00421. The molecule has 12 nitrogen and oxygen atoms in total. The molecule has 1 spiro atoms. The predicted molar refractivity (Wildman–Crippen MR) is 127 cm³/mol. The van der Waals surface area contributed by atoms with Crippen LogP contribution in [0.3, 0.4) is 0 Å². The van der Waals surface area contributed by atoms with Crippen LogP contribution in [-0.4, -0.2) is 87.5 Å². The van der Waals surface area contributed by atoms with Gasteiger partial charge in [0.05, 0.1) is 24.2 Å². The number of hydrogen-bond acceptors (Lipinski definition) is 10. The highest BCUT2D eigenvalue weighted by atomic mass is 19.4. The van der Waals surface area contributed by atoms with Gasteiger partial charge in [-0.1, -0.05) is 18.2 Å². The van der Waals surface area contributed by atoms with Crippen LogP contribution in [0.4, 0.5) is 13.2 Å². The Morgan fingerprint density at radius 3 is 2.61 bits per heavy atom. The lowest BCUT2D eigenvalue weighted by atomic mass is 9.87. The SMILES string of the molecule is NC1=NC2C(CN3C(=O)CCC3=O)N=C(N)N3C[C@H](NC(=O)CCc4cccc(C(F)(F)F)c4)C(O)C23N1. The number of imide groups is 1. The van der Waals surface area contributed by atoms with Crippen LogP contribution in [0.15, 0.2) is 34.3 Å². The molecule has 7 N–H and O–H groups in total. The Morgan fingerprint density at radius 1 is 1.21 bits per heavy atom. The Balaban J connectivity index is 1.29. The molecule has 15 heteroatoms. The number of likely N-dealkylation sites (tertiary alicyclic amines) is 1. The lowest BCUT2D eigenvalue weighted by Gasteiger charge is -2.46. The van der Waals surface area contributed by atoms with Crippen LogP contribution < -0.4 is 22.1 Å². The fourth-order valence-corrected chi connectivity index (χ4v) is 5.64. The molecule has 1 aromatic rings. The van der Waals surface area contributed by atoms with Crippen LogP contribution in [0.1, 0.15) is 30.4 Å². The number of guanidine groups is 2. The summed E-state index contributed by atoms with van der Waals surface area (Å²) in [5, 5.41) is 17.1. The molecule has 38 heavy (non-hydrogen) atoms. The van der Waals surface area contributed by atoms with E-state index >= 15 is 0 Å². The Morgan fingerprint density at radius 2 is 1.92 bits per heavy atom. The van der Waals surface area contributed by atoms with Gasteiger partial charge in [-0.3, -0.25) is 19.3 Å². The number of nitrogens with zero attached hydrogens (tertiary/aromatic N) is 4. The lowest BCUT2D eigenvalue weighted by molar-refractivity contribution is -0.139. The Labute approximate surface area is 214 Å². The largest absolute Gasteiger partial charge is 0.416 e. The number of nitrogens with two attached hydrogens (primary N) is 2. The van der Waals surface area contributed by atoms with Gasteiger partial charge in [0, 0.05) is 25.8 Å². The fourth-order valence-electron chi connectivity index (χ4n) is 5.64. The highest BCUT2D eigenvalue weighted by Crippen LogP contribution is 2.40. The third kappa shape index (κ3) is 4.29. The van der Waals surface area contributed by atoms with Crippen LogP contribution in [0.5, 0.6) is 0 Å². The first-order chi connectivity index (χ1) is 17.9. The lowest BCUT2D eigenvalue weighted by Crippen LogP contribution is -2.73. The molecular formula is C23H27F3N8O4. The summed E-state index contributed by atoms with van der Waals surface area (Å²) in [6, 6.07) is 2.30. The van der Waals surface area contributed by atoms with Gasteiger partial charge in [-0.25, -0.2) is 9.98 Å². The van der Waals surface area contributed by atoms with E-state index < -0.39 is 47.5 Å². The Kier molecular flexibility index (Phi) is 6.20. The zero-order chi connectivity index (χ0) is 27.4. The first-order valence-electron chi connectivity index (χ1n) is 12.1. The summed E-state index contributed by atoms with van der Waals surface area (Å²) in [5.74, 6) is -1.12. The highest BCUT2D eigenvalue weighted by Gasteiger charge is 2.65. The van der Waals surface area contributed by atoms with Gasteiger partial charge in [0.1, 0.15) is 12.1 Å². The van der Waals surface area contributed by atoms with Crippen molar-refractivity contribution in [1.29, 1.82) is 0 Å². The minimum Gasteiger partial charge on any atom is -0.386 e. The molecule has 0 bridgehead atoms. The number of carbonyl (C=O) groups excluding carboxylic acids is 3. The monoisotopic (exact) mass is 536 g/mol. The topological polar surface area (TPSA) is 179 Å². The van der Waals surface area contributed by atoms with Crippen molar-refractivity contribution in [3.05, 3.63) is 35.4 Å². The van der Waals surface area contributed by atoms with E-state index in [1.165, 1.54) is 12.1 Å². The number of alkyl halides is 3. The molecule has 4 aliphatic heterocycles. The molecule has 0 saturated carbocycles. The number of rotatable bonds is 6. The summed E-state index contributed by atoms with van der Waals surface area (Å²) < 4.78 is 38.9. The number of aliphatic hydroxyl groups excluding tert-OH is 1. The molecule has 2 saturated heterocycles. The van der Waals surface area contributed by atoms with Gasteiger partial charge in [-0.2, -0.15) is 13.2 Å². The highest BCUT2D eigenvalue weighted by molar-refractivity contribution is 6.02. The number of aliphatic imine (C=N–C) groups is 2. The van der Waals surface area contributed by atoms with Crippen molar-refractivity contribution in [2.45, 2.75) is 61.8 Å². The predicted octanol–water partition coefficient (Wildman–Crippen LogP) is -1.37. The van der Waals surface area contributed by atoms with Crippen molar-refractivity contribution in [3.8, 4) is 0 Å². The average Bonchev–Trinajstić information content (AvgIpc) is 3.47. The van der Waals surface area contributed by atoms with Gasteiger partial charge < -0.3 is 32.1 Å². The molecule has 0 radical (unpaired) electrons. The summed E-state index contributed by atoms with van der Waals surface area (Å²) in [5.41, 5.74) is 10.4. The standard InChI is InChI=1S/C23H27F3N8O4/c24-23(25,26)12-3-1-2-11(8-12)4-5-15(35)29-14-10-34-21(28)30-13(9-33-16(36)6-7-17(33)37)18-22(34,19(14)38)32-20(27)31-18/h1-3,8,13-14,18-19,38H,4-7,9-10H2,(H2,28,30)(H,29,35)(H3,27,31,32)/t13?,14-,18?,19?,22?/m0/s1. The molecule has 5 rings (SSSR count).